The maximum absolute atomic E-state index is 5.49. The number of hydrogen-bond acceptors (Lipinski definition) is 1. The van der Waals surface area contributed by atoms with Gasteiger partial charge in [0.15, 0.2) is 0 Å². The molecule has 1 rings (SSSR count). The Bertz CT molecular complexity index is 221. The summed E-state index contributed by atoms with van der Waals surface area (Å²) in [6.07, 6.45) is 0. The third-order valence-corrected chi connectivity index (χ3v) is 1.99. The van der Waals surface area contributed by atoms with Gasteiger partial charge >= 0.3 is 0 Å². The van der Waals surface area contributed by atoms with E-state index in [1.54, 1.807) is 12.1 Å². The van der Waals surface area contributed by atoms with Gasteiger partial charge in [0, 0.05) is 0 Å². The van der Waals surface area contributed by atoms with Crippen molar-refractivity contribution in [3.8, 4) is 5.75 Å². The van der Waals surface area contributed by atoms with Crippen LogP contribution in [-0.2, 0) is 0 Å². The molecule has 0 N–H and O–H groups in total. The normalized spacial score (nSPS) is 11.2. The van der Waals surface area contributed by atoms with Crippen LogP contribution in [0.4, 0.5) is 0 Å². The van der Waals surface area contributed by atoms with E-state index < -0.39 is 5.55 Å². The summed E-state index contributed by atoms with van der Waals surface area (Å²) < 4.78 is 5.01. The Balaban J connectivity index is 2.66. The molecule has 1 aromatic rings. The van der Waals surface area contributed by atoms with Gasteiger partial charge in [-0.1, -0.05) is 18.2 Å². The van der Waals surface area contributed by atoms with Gasteiger partial charge in [0.05, 0.1) is 0 Å². The Hall–Kier alpha value is 0.320. The Morgan fingerprint density at radius 3 is 2.00 bits per heavy atom. The Labute approximate surface area is 80.0 Å². The molecule has 0 aliphatic carbocycles. The van der Waals surface area contributed by atoms with Crippen molar-refractivity contribution in [1.82, 2.24) is 0 Å². The predicted octanol–water partition coefficient (Wildman–Crippen LogP) is 4.46. The van der Waals surface area contributed by atoms with E-state index in [2.05, 4.69) is 0 Å². The fourth-order valence-electron chi connectivity index (χ4n) is 0.601. The number of halogens is 3. The number of hydrogen-bond donors (Lipinski definition) is 0. The van der Waals surface area contributed by atoms with Crippen LogP contribution in [0.1, 0.15) is 0 Å². The van der Waals surface area contributed by atoms with Crippen molar-refractivity contribution in [2.75, 3.05) is 0 Å². The molecule has 0 bridgehead atoms. The molecule has 0 amide bonds. The van der Waals surface area contributed by atoms with Crippen molar-refractivity contribution in [1.29, 1.82) is 0 Å². The first kappa shape index (κ1) is 9.41. The van der Waals surface area contributed by atoms with Gasteiger partial charge in [0.25, 0.3) is 5.55 Å². The van der Waals surface area contributed by atoms with Crippen LogP contribution in [0, 0.1) is 0 Å². The molecular weight excluding hydrogens is 225 g/mol. The van der Waals surface area contributed by atoms with Gasteiger partial charge in [0.2, 0.25) is 0 Å². The first-order valence-electron chi connectivity index (χ1n) is 2.80. The number of para-hydroxylation sites is 1. The minimum atomic E-state index is -2.72. The summed E-state index contributed by atoms with van der Waals surface area (Å²) in [7, 11) is 0. The summed E-state index contributed by atoms with van der Waals surface area (Å²) >= 11 is 16.5. The molecule has 0 aromatic heterocycles. The minimum absolute atomic E-state index is 0.584. The molecule has 1 nitrogen and oxygen atoms in total. The summed E-state index contributed by atoms with van der Waals surface area (Å²) in [6.45, 7) is 0. The SMILES string of the molecule is Cl[P](Cl)(Cl)Oc1ccccc1. The summed E-state index contributed by atoms with van der Waals surface area (Å²) in [6, 6.07) is 8.97. The molecule has 0 atom stereocenters. The van der Waals surface area contributed by atoms with Crippen LogP contribution < -0.4 is 4.52 Å². The van der Waals surface area contributed by atoms with Gasteiger partial charge in [-0.05, 0) is 45.9 Å². The Morgan fingerprint density at radius 1 is 1.00 bits per heavy atom. The minimum Gasteiger partial charge on any atom is -0.441 e. The maximum atomic E-state index is 5.49. The lowest BCUT2D eigenvalue weighted by molar-refractivity contribution is 0.633. The fourth-order valence-corrected chi connectivity index (χ4v) is 1.68. The van der Waals surface area contributed by atoms with E-state index in [1.165, 1.54) is 0 Å². The van der Waals surface area contributed by atoms with E-state index in [-0.39, 0.29) is 0 Å². The molecule has 0 saturated carbocycles. The monoisotopic (exact) mass is 229 g/mol. The Kier molecular flexibility index (Phi) is 3.27. The van der Waals surface area contributed by atoms with E-state index >= 15 is 0 Å². The zero-order chi connectivity index (χ0) is 8.32. The van der Waals surface area contributed by atoms with Gasteiger partial charge in [-0.2, -0.15) is 0 Å². The highest BCUT2D eigenvalue weighted by Crippen LogP contribution is 2.73. The van der Waals surface area contributed by atoms with Gasteiger partial charge < -0.3 is 4.52 Å². The summed E-state index contributed by atoms with van der Waals surface area (Å²) in [5.41, 5.74) is -2.72. The standard InChI is InChI=1S/C6H5Cl3OP/c7-11(8,9)10-6-4-2-1-3-5-6/h1-5H. The number of rotatable bonds is 2. The largest absolute Gasteiger partial charge is 0.441 e. The van der Waals surface area contributed by atoms with Crippen LogP contribution in [0.2, 0.25) is 0 Å². The molecule has 5 heteroatoms. The average molecular weight is 230 g/mol. The van der Waals surface area contributed by atoms with Gasteiger partial charge in [0.1, 0.15) is 5.75 Å². The molecule has 0 fully saturated rings. The molecule has 0 aliphatic rings. The Morgan fingerprint density at radius 2 is 1.55 bits per heavy atom. The van der Waals surface area contributed by atoms with Crippen LogP contribution in [0.15, 0.2) is 30.3 Å². The lowest BCUT2D eigenvalue weighted by Crippen LogP contribution is -1.80. The van der Waals surface area contributed by atoms with E-state index in [0.717, 1.165) is 0 Å². The van der Waals surface area contributed by atoms with Crippen molar-refractivity contribution in [3.05, 3.63) is 30.3 Å². The third-order valence-electron chi connectivity index (χ3n) is 0.952. The topological polar surface area (TPSA) is 9.23 Å². The van der Waals surface area contributed by atoms with E-state index in [4.69, 9.17) is 38.2 Å². The first-order valence-corrected chi connectivity index (χ1v) is 7.23. The summed E-state index contributed by atoms with van der Waals surface area (Å²) in [5, 5.41) is 0. The maximum Gasteiger partial charge on any atom is 0.292 e. The smallest absolute Gasteiger partial charge is 0.292 e. The van der Waals surface area contributed by atoms with Crippen LogP contribution in [-0.4, -0.2) is 0 Å². The third kappa shape index (κ3) is 4.03. The second-order valence-electron chi connectivity index (χ2n) is 1.80. The highest BCUT2D eigenvalue weighted by atomic mass is 36.1. The zero-order valence-corrected chi connectivity index (χ0v) is 8.54. The summed E-state index contributed by atoms with van der Waals surface area (Å²) in [4.78, 5) is 0. The second kappa shape index (κ2) is 3.82. The molecule has 61 valence electrons. The first-order chi connectivity index (χ1) is 5.08. The van der Waals surface area contributed by atoms with Crippen LogP contribution in [0.3, 0.4) is 0 Å². The average Bonchev–Trinajstić information content (AvgIpc) is 1.85. The van der Waals surface area contributed by atoms with E-state index in [0.29, 0.717) is 5.75 Å². The molecule has 0 heterocycles. The van der Waals surface area contributed by atoms with Crippen LogP contribution in [0.25, 0.3) is 0 Å². The summed E-state index contributed by atoms with van der Waals surface area (Å²) in [5.74, 6) is 0.584. The van der Waals surface area contributed by atoms with Gasteiger partial charge in [-0.15, -0.1) is 0 Å². The molecule has 11 heavy (non-hydrogen) atoms. The van der Waals surface area contributed by atoms with Gasteiger partial charge in [-0.3, -0.25) is 0 Å². The lowest BCUT2D eigenvalue weighted by atomic mass is 10.3. The fraction of sp³-hybridized carbons (Fsp3) is 0. The molecule has 1 aromatic carbocycles. The van der Waals surface area contributed by atoms with Crippen molar-refractivity contribution in [3.63, 3.8) is 0 Å². The van der Waals surface area contributed by atoms with Gasteiger partial charge in [-0.25, -0.2) is 0 Å². The van der Waals surface area contributed by atoms with E-state index in [9.17, 15) is 0 Å². The van der Waals surface area contributed by atoms with E-state index in [1.807, 2.05) is 18.2 Å². The second-order valence-corrected chi connectivity index (χ2v) is 8.62. The van der Waals surface area contributed by atoms with Crippen molar-refractivity contribution in [2.45, 2.75) is 0 Å². The van der Waals surface area contributed by atoms with Crippen molar-refractivity contribution >= 4 is 39.3 Å². The molecule has 0 spiro atoms. The van der Waals surface area contributed by atoms with Crippen LogP contribution in [0.5, 0.6) is 5.75 Å². The molecule has 1 radical (unpaired) electrons. The lowest BCUT2D eigenvalue weighted by Gasteiger charge is -2.13. The molecule has 0 unspecified atom stereocenters. The van der Waals surface area contributed by atoms with Crippen LogP contribution >= 0.6 is 39.3 Å². The van der Waals surface area contributed by atoms with Crippen molar-refractivity contribution in [2.24, 2.45) is 0 Å². The van der Waals surface area contributed by atoms with Crippen molar-refractivity contribution < 1.29 is 4.52 Å². The quantitative estimate of drug-likeness (QED) is 0.682. The highest BCUT2D eigenvalue weighted by Gasteiger charge is 2.19. The predicted molar refractivity (Wildman–Crippen MR) is 51.5 cm³/mol. The molecular formula is C6H5Cl3OP. The number of benzene rings is 1. The highest BCUT2D eigenvalue weighted by molar-refractivity contribution is 8.30. The molecule has 0 saturated heterocycles. The molecule has 0 aliphatic heterocycles. The zero-order valence-electron chi connectivity index (χ0n) is 5.38.